The van der Waals surface area contributed by atoms with Crippen LogP contribution in [0.15, 0.2) is 48.6 Å². The molecule has 0 heterocycles. The zero-order valence-electron chi connectivity index (χ0n) is 10.7. The van der Waals surface area contributed by atoms with E-state index in [2.05, 4.69) is 0 Å². The van der Waals surface area contributed by atoms with Crippen molar-refractivity contribution in [1.82, 2.24) is 0 Å². The summed E-state index contributed by atoms with van der Waals surface area (Å²) >= 11 is 0. The van der Waals surface area contributed by atoms with Crippen LogP contribution >= 0.6 is 0 Å². The zero-order chi connectivity index (χ0) is 15.7. The van der Waals surface area contributed by atoms with Crippen LogP contribution in [0.25, 0.3) is 0 Å². The summed E-state index contributed by atoms with van der Waals surface area (Å²) in [6, 6.07) is 4.65. The summed E-state index contributed by atoms with van der Waals surface area (Å²) in [6.45, 7) is 0. The highest BCUT2D eigenvalue weighted by Gasteiger charge is 2.43. The number of hydrogen-bond acceptors (Lipinski definition) is 3. The van der Waals surface area contributed by atoms with Gasteiger partial charge in [0.1, 0.15) is 5.60 Å². The quantitative estimate of drug-likeness (QED) is 0.931. The van der Waals surface area contributed by atoms with E-state index in [1.807, 2.05) is 0 Å². The molecule has 4 nitrogen and oxygen atoms in total. The molecule has 0 bridgehead atoms. The lowest BCUT2D eigenvalue weighted by molar-refractivity contribution is -0.139. The lowest BCUT2D eigenvalue weighted by atomic mass is 9.84. The van der Waals surface area contributed by atoms with E-state index in [9.17, 15) is 21.6 Å². The molecule has 1 aromatic rings. The Morgan fingerprint density at radius 3 is 2.38 bits per heavy atom. The fraction of sp³-hybridized carbons (Fsp3) is 0.231. The maximum Gasteiger partial charge on any atom is 0.416 e. The molecule has 1 atom stereocenters. The first kappa shape index (κ1) is 15.7. The number of benzene rings is 1. The summed E-state index contributed by atoms with van der Waals surface area (Å²) in [5, 5.41) is 4.86. The Morgan fingerprint density at radius 2 is 1.86 bits per heavy atom. The third-order valence-electron chi connectivity index (χ3n) is 2.99. The molecule has 0 fully saturated rings. The first-order valence-electron chi connectivity index (χ1n) is 5.88. The minimum atomic E-state index is -4.64. The Balaban J connectivity index is 2.64. The first-order chi connectivity index (χ1) is 9.64. The number of nitrogens with two attached hydrogens (primary N) is 1. The molecule has 0 saturated heterocycles. The Morgan fingerprint density at radius 1 is 1.19 bits per heavy atom. The zero-order valence-corrected chi connectivity index (χ0v) is 11.5. The standard InChI is InChI=1S/C13H12F3NO3S/c14-13(15,16)11-7-3-2-6-10(11)12(20-21(17,18)19)8-4-1-5-9-12/h1-8H,9H2,(H2,17,18,19). The second kappa shape index (κ2) is 5.28. The largest absolute Gasteiger partial charge is 0.416 e. The fourth-order valence-corrected chi connectivity index (χ4v) is 2.84. The van der Waals surface area contributed by atoms with Crippen LogP contribution in [0, 0.1) is 0 Å². The van der Waals surface area contributed by atoms with Crippen molar-refractivity contribution in [2.75, 3.05) is 0 Å². The monoisotopic (exact) mass is 319 g/mol. The molecule has 1 aromatic carbocycles. The van der Waals surface area contributed by atoms with E-state index in [-0.39, 0.29) is 12.0 Å². The van der Waals surface area contributed by atoms with E-state index in [1.165, 1.54) is 36.4 Å². The van der Waals surface area contributed by atoms with Crippen molar-refractivity contribution in [1.29, 1.82) is 0 Å². The number of rotatable bonds is 3. The van der Waals surface area contributed by atoms with Gasteiger partial charge >= 0.3 is 16.5 Å². The maximum absolute atomic E-state index is 13.1. The molecule has 1 aliphatic rings. The smallest absolute Gasteiger partial charge is 0.242 e. The van der Waals surface area contributed by atoms with Gasteiger partial charge in [0.2, 0.25) is 0 Å². The Hall–Kier alpha value is -1.64. The van der Waals surface area contributed by atoms with E-state index >= 15 is 0 Å². The van der Waals surface area contributed by atoms with Crippen molar-refractivity contribution < 1.29 is 25.8 Å². The normalized spacial score (nSPS) is 22.5. The molecule has 0 spiro atoms. The van der Waals surface area contributed by atoms with Crippen LogP contribution in [0.2, 0.25) is 0 Å². The van der Waals surface area contributed by atoms with Crippen molar-refractivity contribution in [3.63, 3.8) is 0 Å². The van der Waals surface area contributed by atoms with Crippen LogP contribution in [0.1, 0.15) is 17.5 Å². The van der Waals surface area contributed by atoms with Gasteiger partial charge in [-0.3, -0.25) is 0 Å². The number of halogens is 3. The van der Waals surface area contributed by atoms with Gasteiger partial charge in [-0.15, -0.1) is 0 Å². The molecule has 1 unspecified atom stereocenters. The van der Waals surface area contributed by atoms with Gasteiger partial charge < -0.3 is 0 Å². The third-order valence-corrected chi connectivity index (χ3v) is 3.52. The topological polar surface area (TPSA) is 69.4 Å². The summed E-state index contributed by atoms with van der Waals surface area (Å²) in [6.07, 6.45) is 1.05. The van der Waals surface area contributed by atoms with Crippen molar-refractivity contribution in [2.45, 2.75) is 18.2 Å². The molecule has 0 radical (unpaired) electrons. The highest BCUT2D eigenvalue weighted by Crippen LogP contribution is 2.42. The molecule has 0 aliphatic heterocycles. The van der Waals surface area contributed by atoms with Gasteiger partial charge in [0, 0.05) is 12.0 Å². The maximum atomic E-state index is 13.1. The third kappa shape index (κ3) is 3.52. The van der Waals surface area contributed by atoms with Gasteiger partial charge in [-0.1, -0.05) is 36.4 Å². The number of alkyl halides is 3. The van der Waals surface area contributed by atoms with E-state index in [1.54, 1.807) is 6.08 Å². The summed E-state index contributed by atoms with van der Waals surface area (Å²) in [5.41, 5.74) is -3.06. The molecule has 0 aromatic heterocycles. The average Bonchev–Trinajstić information content (AvgIpc) is 2.37. The van der Waals surface area contributed by atoms with Gasteiger partial charge in [-0.25, -0.2) is 9.32 Å². The van der Waals surface area contributed by atoms with Gasteiger partial charge in [-0.05, 0) is 12.1 Å². The summed E-state index contributed by atoms with van der Waals surface area (Å²) < 4.78 is 66.7. The van der Waals surface area contributed by atoms with Crippen LogP contribution < -0.4 is 5.14 Å². The number of allylic oxidation sites excluding steroid dienone is 2. The van der Waals surface area contributed by atoms with Gasteiger partial charge in [0.05, 0.1) is 5.56 Å². The number of hydrogen-bond donors (Lipinski definition) is 1. The summed E-state index contributed by atoms with van der Waals surface area (Å²) in [7, 11) is -4.45. The molecule has 0 amide bonds. The van der Waals surface area contributed by atoms with Crippen molar-refractivity contribution in [3.8, 4) is 0 Å². The van der Waals surface area contributed by atoms with E-state index in [4.69, 9.17) is 9.32 Å². The Bertz CT molecular complexity index is 695. The molecule has 2 N–H and O–H groups in total. The van der Waals surface area contributed by atoms with Crippen molar-refractivity contribution in [2.24, 2.45) is 5.14 Å². The van der Waals surface area contributed by atoms with Crippen LogP contribution in [-0.4, -0.2) is 8.42 Å². The van der Waals surface area contributed by atoms with E-state index in [0.717, 1.165) is 6.07 Å². The van der Waals surface area contributed by atoms with Gasteiger partial charge in [0.25, 0.3) is 0 Å². The summed E-state index contributed by atoms with van der Waals surface area (Å²) in [5.74, 6) is 0. The minimum Gasteiger partial charge on any atom is -0.242 e. The Labute approximate surface area is 120 Å². The predicted octanol–water partition coefficient (Wildman–Crippen LogP) is 2.64. The van der Waals surface area contributed by atoms with Crippen LogP contribution in [0.5, 0.6) is 0 Å². The van der Waals surface area contributed by atoms with Gasteiger partial charge in [0.15, 0.2) is 0 Å². The van der Waals surface area contributed by atoms with Gasteiger partial charge in [-0.2, -0.15) is 21.6 Å². The van der Waals surface area contributed by atoms with Crippen molar-refractivity contribution in [3.05, 3.63) is 59.7 Å². The predicted molar refractivity (Wildman–Crippen MR) is 70.2 cm³/mol. The highest BCUT2D eigenvalue weighted by molar-refractivity contribution is 7.84. The molecule has 2 rings (SSSR count). The molecule has 21 heavy (non-hydrogen) atoms. The lowest BCUT2D eigenvalue weighted by Gasteiger charge is -2.32. The Kier molecular flexibility index (Phi) is 3.96. The molecular formula is C13H12F3NO3S. The minimum absolute atomic E-state index is 0.0764. The van der Waals surface area contributed by atoms with Crippen molar-refractivity contribution >= 4 is 10.3 Å². The lowest BCUT2D eigenvalue weighted by Crippen LogP contribution is -2.35. The molecule has 114 valence electrons. The average molecular weight is 319 g/mol. The van der Waals surface area contributed by atoms with Crippen LogP contribution in [-0.2, 0) is 26.3 Å². The molecule has 8 heteroatoms. The second-order valence-corrected chi connectivity index (χ2v) is 5.65. The first-order valence-corrected chi connectivity index (χ1v) is 7.36. The fourth-order valence-electron chi connectivity index (χ4n) is 2.21. The highest BCUT2D eigenvalue weighted by atomic mass is 32.2. The molecule has 0 saturated carbocycles. The summed E-state index contributed by atoms with van der Waals surface area (Å²) in [4.78, 5) is 0. The van der Waals surface area contributed by atoms with Crippen LogP contribution in [0.4, 0.5) is 13.2 Å². The molecule has 1 aliphatic carbocycles. The van der Waals surface area contributed by atoms with E-state index in [0.29, 0.717) is 0 Å². The molecular weight excluding hydrogens is 307 g/mol. The second-order valence-electron chi connectivity index (χ2n) is 4.50. The van der Waals surface area contributed by atoms with Crippen LogP contribution in [0.3, 0.4) is 0 Å². The van der Waals surface area contributed by atoms with E-state index < -0.39 is 27.6 Å². The SMILES string of the molecule is NS(=O)(=O)OC1(c2ccccc2C(F)(F)F)C=CC=CC1.